The first-order valence-corrected chi connectivity index (χ1v) is 6.10. The van der Waals surface area contributed by atoms with Crippen LogP contribution in [-0.4, -0.2) is 20.8 Å². The lowest BCUT2D eigenvalue weighted by Gasteiger charge is -2.03. The molecule has 0 N–H and O–H groups in total. The van der Waals surface area contributed by atoms with Crippen molar-refractivity contribution in [2.24, 2.45) is 7.05 Å². The van der Waals surface area contributed by atoms with E-state index in [2.05, 4.69) is 26.2 Å². The van der Waals surface area contributed by atoms with Gasteiger partial charge in [0.2, 0.25) is 5.78 Å². The summed E-state index contributed by atoms with van der Waals surface area (Å²) in [4.78, 5) is 12.2. The summed E-state index contributed by atoms with van der Waals surface area (Å²) in [6, 6.07) is 4.67. The Morgan fingerprint density at radius 2 is 1.88 bits per heavy atom. The van der Waals surface area contributed by atoms with E-state index < -0.39 is 0 Å². The van der Waals surface area contributed by atoms with Crippen LogP contribution in [0.15, 0.2) is 22.8 Å². The number of benzene rings is 1. The fourth-order valence-corrected chi connectivity index (χ4v) is 2.43. The van der Waals surface area contributed by atoms with E-state index in [4.69, 9.17) is 23.2 Å². The number of nitrogens with zero attached hydrogens (tertiary/aromatic N) is 3. The molecule has 0 aliphatic heterocycles. The van der Waals surface area contributed by atoms with Crippen molar-refractivity contribution < 1.29 is 4.79 Å². The zero-order chi connectivity index (χ0) is 12.6. The highest BCUT2D eigenvalue weighted by molar-refractivity contribution is 9.10. The Morgan fingerprint density at radius 1 is 1.29 bits per heavy atom. The van der Waals surface area contributed by atoms with Crippen LogP contribution in [0, 0.1) is 0 Å². The molecule has 0 bridgehead atoms. The SMILES string of the molecule is Cn1nnc(Br)c1C(=O)c1cc(Cl)cc(Cl)c1. The summed E-state index contributed by atoms with van der Waals surface area (Å²) in [6.07, 6.45) is 0. The molecule has 0 radical (unpaired) electrons. The molecule has 1 heterocycles. The van der Waals surface area contributed by atoms with Crippen LogP contribution in [-0.2, 0) is 7.05 Å². The van der Waals surface area contributed by atoms with E-state index in [0.29, 0.717) is 25.9 Å². The van der Waals surface area contributed by atoms with Crippen molar-refractivity contribution in [1.29, 1.82) is 0 Å². The molecule has 2 aromatic rings. The van der Waals surface area contributed by atoms with E-state index in [1.807, 2.05) is 0 Å². The lowest BCUT2D eigenvalue weighted by molar-refractivity contribution is 0.102. The van der Waals surface area contributed by atoms with E-state index in [0.717, 1.165) is 0 Å². The van der Waals surface area contributed by atoms with Crippen molar-refractivity contribution in [1.82, 2.24) is 15.0 Å². The molecule has 1 aromatic carbocycles. The number of carbonyl (C=O) groups excluding carboxylic acids is 1. The van der Waals surface area contributed by atoms with Crippen LogP contribution in [0.25, 0.3) is 0 Å². The largest absolute Gasteiger partial charge is 0.287 e. The standard InChI is InChI=1S/C10H6BrCl2N3O/c1-16-8(10(11)14-15-16)9(17)5-2-6(12)4-7(13)3-5/h2-4H,1H3. The van der Waals surface area contributed by atoms with Gasteiger partial charge in [0.05, 0.1) is 0 Å². The third kappa shape index (κ3) is 2.51. The number of hydrogen-bond acceptors (Lipinski definition) is 3. The molecule has 4 nitrogen and oxygen atoms in total. The maximum Gasteiger partial charge on any atom is 0.213 e. The molecule has 2 rings (SSSR count). The molecule has 0 aliphatic rings. The molecule has 0 saturated carbocycles. The maximum atomic E-state index is 12.2. The van der Waals surface area contributed by atoms with Crippen LogP contribution in [0.4, 0.5) is 0 Å². The van der Waals surface area contributed by atoms with Crippen molar-refractivity contribution in [3.8, 4) is 0 Å². The van der Waals surface area contributed by atoms with Crippen LogP contribution in [0.2, 0.25) is 10.0 Å². The molecule has 0 fully saturated rings. The van der Waals surface area contributed by atoms with E-state index in [1.54, 1.807) is 25.2 Å². The molecule has 17 heavy (non-hydrogen) atoms. The van der Waals surface area contributed by atoms with Crippen LogP contribution >= 0.6 is 39.1 Å². The van der Waals surface area contributed by atoms with Gasteiger partial charge >= 0.3 is 0 Å². The predicted molar refractivity (Wildman–Crippen MR) is 68.6 cm³/mol. The molecule has 7 heteroatoms. The Labute approximate surface area is 116 Å². The number of aromatic nitrogens is 3. The van der Waals surface area contributed by atoms with Crippen molar-refractivity contribution in [3.05, 3.63) is 44.1 Å². The third-order valence-corrected chi connectivity index (χ3v) is 3.10. The normalized spacial score (nSPS) is 10.6. The molecule has 1 aromatic heterocycles. The van der Waals surface area contributed by atoms with Crippen LogP contribution in [0.3, 0.4) is 0 Å². The molecule has 0 saturated heterocycles. The fraction of sp³-hybridized carbons (Fsp3) is 0.100. The summed E-state index contributed by atoms with van der Waals surface area (Å²) in [5.74, 6) is -0.242. The summed E-state index contributed by atoms with van der Waals surface area (Å²) < 4.78 is 1.78. The van der Waals surface area contributed by atoms with E-state index >= 15 is 0 Å². The Kier molecular flexibility index (Phi) is 3.51. The number of ketones is 1. The average Bonchev–Trinajstić information content (AvgIpc) is 2.56. The van der Waals surface area contributed by atoms with Crippen LogP contribution < -0.4 is 0 Å². The first-order chi connectivity index (χ1) is 7.99. The predicted octanol–water partition coefficient (Wildman–Crippen LogP) is 3.12. The summed E-state index contributed by atoms with van der Waals surface area (Å²) >= 11 is 14.9. The van der Waals surface area contributed by atoms with Gasteiger partial charge in [-0.3, -0.25) is 4.79 Å². The zero-order valence-electron chi connectivity index (χ0n) is 8.62. The van der Waals surface area contributed by atoms with Gasteiger partial charge in [-0.05, 0) is 34.1 Å². The van der Waals surface area contributed by atoms with Gasteiger partial charge in [-0.15, -0.1) is 5.10 Å². The lowest BCUT2D eigenvalue weighted by atomic mass is 10.1. The number of halogens is 3. The Hall–Kier alpha value is -0.910. The fourth-order valence-electron chi connectivity index (χ4n) is 1.39. The molecule has 0 atom stereocenters. The number of aryl methyl sites for hydroxylation is 1. The van der Waals surface area contributed by atoms with Gasteiger partial charge in [0.15, 0.2) is 4.60 Å². The van der Waals surface area contributed by atoms with E-state index in [9.17, 15) is 4.79 Å². The highest BCUT2D eigenvalue weighted by atomic mass is 79.9. The number of hydrogen-bond donors (Lipinski definition) is 0. The van der Waals surface area contributed by atoms with Crippen LogP contribution in [0.1, 0.15) is 16.1 Å². The second kappa shape index (κ2) is 4.76. The highest BCUT2D eigenvalue weighted by Gasteiger charge is 2.19. The quantitative estimate of drug-likeness (QED) is 0.793. The van der Waals surface area contributed by atoms with Crippen molar-refractivity contribution >= 4 is 44.9 Å². The maximum absolute atomic E-state index is 12.2. The van der Waals surface area contributed by atoms with E-state index in [-0.39, 0.29) is 5.78 Å². The molecule has 88 valence electrons. The molecule has 0 unspecified atom stereocenters. The van der Waals surface area contributed by atoms with E-state index in [1.165, 1.54) is 4.68 Å². The minimum absolute atomic E-state index is 0.242. The Morgan fingerprint density at radius 3 is 2.35 bits per heavy atom. The first kappa shape index (κ1) is 12.5. The second-order valence-electron chi connectivity index (χ2n) is 3.34. The third-order valence-electron chi connectivity index (χ3n) is 2.13. The van der Waals surface area contributed by atoms with Crippen LogP contribution in [0.5, 0.6) is 0 Å². The van der Waals surface area contributed by atoms with Gasteiger partial charge in [0.1, 0.15) is 5.69 Å². The number of carbonyl (C=O) groups is 1. The smallest absolute Gasteiger partial charge is 0.213 e. The Balaban J connectivity index is 2.51. The zero-order valence-corrected chi connectivity index (χ0v) is 11.7. The summed E-state index contributed by atoms with van der Waals surface area (Å²) in [5.41, 5.74) is 0.747. The molecular weight excluding hydrogens is 329 g/mol. The average molecular weight is 335 g/mol. The van der Waals surface area contributed by atoms with Gasteiger partial charge < -0.3 is 0 Å². The van der Waals surface area contributed by atoms with Crippen molar-refractivity contribution in [2.45, 2.75) is 0 Å². The van der Waals surface area contributed by atoms with Crippen molar-refractivity contribution in [2.75, 3.05) is 0 Å². The topological polar surface area (TPSA) is 47.8 Å². The summed E-state index contributed by atoms with van der Waals surface area (Å²) in [7, 11) is 1.64. The molecular formula is C10H6BrCl2N3O. The van der Waals surface area contributed by atoms with Crippen molar-refractivity contribution in [3.63, 3.8) is 0 Å². The molecule has 0 spiro atoms. The summed E-state index contributed by atoms with van der Waals surface area (Å²) in [5, 5.41) is 8.31. The van der Waals surface area contributed by atoms with Gasteiger partial charge in [-0.25, -0.2) is 4.68 Å². The minimum Gasteiger partial charge on any atom is -0.287 e. The highest BCUT2D eigenvalue weighted by Crippen LogP contribution is 2.23. The van der Waals surface area contributed by atoms with Gasteiger partial charge in [-0.1, -0.05) is 28.4 Å². The minimum atomic E-state index is -0.242. The summed E-state index contributed by atoms with van der Waals surface area (Å²) in [6.45, 7) is 0. The first-order valence-electron chi connectivity index (χ1n) is 4.55. The molecule has 0 aliphatic carbocycles. The Bertz CT molecular complexity index is 557. The van der Waals surface area contributed by atoms with Gasteiger partial charge in [0.25, 0.3) is 0 Å². The second-order valence-corrected chi connectivity index (χ2v) is 4.96. The molecule has 0 amide bonds. The van der Waals surface area contributed by atoms with Gasteiger partial charge in [0, 0.05) is 22.7 Å². The lowest BCUT2D eigenvalue weighted by Crippen LogP contribution is -2.09. The number of rotatable bonds is 2. The van der Waals surface area contributed by atoms with Gasteiger partial charge in [-0.2, -0.15) is 0 Å². The monoisotopic (exact) mass is 333 g/mol.